The number of nitrogens with one attached hydrogen (secondary N) is 1. The van der Waals surface area contributed by atoms with E-state index < -0.39 is 6.04 Å². The lowest BCUT2D eigenvalue weighted by Gasteiger charge is -2.15. The van der Waals surface area contributed by atoms with Crippen LogP contribution >= 0.6 is 0 Å². The average Bonchev–Trinajstić information content (AvgIpc) is 2.82. The van der Waals surface area contributed by atoms with Gasteiger partial charge in [-0.25, -0.2) is 4.90 Å². The summed E-state index contributed by atoms with van der Waals surface area (Å²) in [6, 6.07) is 16.8. The van der Waals surface area contributed by atoms with Crippen LogP contribution in [-0.2, 0) is 16.1 Å². The van der Waals surface area contributed by atoms with Crippen LogP contribution in [-0.4, -0.2) is 17.9 Å². The van der Waals surface area contributed by atoms with Crippen molar-refractivity contribution < 1.29 is 9.59 Å². The molecule has 4 nitrogen and oxygen atoms in total. The molecule has 0 saturated carbocycles. The van der Waals surface area contributed by atoms with Crippen molar-refractivity contribution in [1.29, 1.82) is 0 Å². The standard InChI is InChI=1S/C18H18N2O2/c1-13-7-9-15(10-8-13)20-17(21)11-16(18(20)22)19-12-14-5-3-2-4-6-14/h2-10,16,19H,11-12H2,1H3/t16-/m0/s1. The van der Waals surface area contributed by atoms with Crippen molar-refractivity contribution in [2.45, 2.75) is 25.9 Å². The molecule has 3 rings (SSSR count). The molecule has 22 heavy (non-hydrogen) atoms. The Labute approximate surface area is 129 Å². The average molecular weight is 294 g/mol. The predicted octanol–water partition coefficient (Wildman–Crippen LogP) is 2.42. The first-order valence-electron chi connectivity index (χ1n) is 7.36. The largest absolute Gasteiger partial charge is 0.301 e. The molecule has 1 atom stereocenters. The van der Waals surface area contributed by atoms with E-state index in [0.29, 0.717) is 12.2 Å². The molecule has 1 saturated heterocycles. The summed E-state index contributed by atoms with van der Waals surface area (Å²) in [5, 5.41) is 3.18. The third kappa shape index (κ3) is 2.92. The summed E-state index contributed by atoms with van der Waals surface area (Å²) in [6.45, 7) is 2.55. The van der Waals surface area contributed by atoms with Crippen LogP contribution < -0.4 is 10.2 Å². The molecular weight excluding hydrogens is 276 g/mol. The van der Waals surface area contributed by atoms with E-state index in [1.54, 1.807) is 0 Å². The molecule has 112 valence electrons. The molecule has 0 unspecified atom stereocenters. The molecule has 1 heterocycles. The van der Waals surface area contributed by atoms with Gasteiger partial charge in [-0.15, -0.1) is 0 Å². The lowest BCUT2D eigenvalue weighted by Crippen LogP contribution is -2.38. The molecule has 1 fully saturated rings. The first kappa shape index (κ1) is 14.5. The molecule has 2 amide bonds. The Balaban J connectivity index is 1.70. The molecule has 0 radical (unpaired) electrons. The quantitative estimate of drug-likeness (QED) is 0.881. The van der Waals surface area contributed by atoms with Crippen molar-refractivity contribution in [2.75, 3.05) is 4.90 Å². The second kappa shape index (κ2) is 6.12. The highest BCUT2D eigenvalue weighted by molar-refractivity contribution is 6.22. The fourth-order valence-corrected chi connectivity index (χ4v) is 2.59. The summed E-state index contributed by atoms with van der Waals surface area (Å²) < 4.78 is 0. The van der Waals surface area contributed by atoms with Gasteiger partial charge in [0.1, 0.15) is 0 Å². The number of carbonyl (C=O) groups is 2. The van der Waals surface area contributed by atoms with Gasteiger partial charge in [0.25, 0.3) is 5.91 Å². The van der Waals surface area contributed by atoms with Crippen LogP contribution in [0.1, 0.15) is 17.5 Å². The highest BCUT2D eigenvalue weighted by Gasteiger charge is 2.39. The Bertz CT molecular complexity index is 680. The first-order valence-corrected chi connectivity index (χ1v) is 7.36. The van der Waals surface area contributed by atoms with Crippen LogP contribution in [0.2, 0.25) is 0 Å². The van der Waals surface area contributed by atoms with E-state index in [-0.39, 0.29) is 18.2 Å². The van der Waals surface area contributed by atoms with Crippen LogP contribution in [0.5, 0.6) is 0 Å². The molecule has 0 aromatic heterocycles. The number of anilines is 1. The van der Waals surface area contributed by atoms with Gasteiger partial charge in [-0.3, -0.25) is 9.59 Å². The zero-order valence-corrected chi connectivity index (χ0v) is 12.5. The smallest absolute Gasteiger partial charge is 0.251 e. The molecule has 2 aromatic rings. The molecule has 2 aromatic carbocycles. The minimum absolute atomic E-state index is 0.153. The van der Waals surface area contributed by atoms with Crippen molar-refractivity contribution in [1.82, 2.24) is 5.32 Å². The number of nitrogens with zero attached hydrogens (tertiary/aromatic N) is 1. The fourth-order valence-electron chi connectivity index (χ4n) is 2.59. The Kier molecular flexibility index (Phi) is 4.02. The van der Waals surface area contributed by atoms with Crippen molar-refractivity contribution >= 4 is 17.5 Å². The van der Waals surface area contributed by atoms with Gasteiger partial charge in [0, 0.05) is 6.54 Å². The number of hydrogen-bond acceptors (Lipinski definition) is 3. The van der Waals surface area contributed by atoms with Crippen LogP contribution in [0.15, 0.2) is 54.6 Å². The van der Waals surface area contributed by atoms with Gasteiger partial charge in [-0.1, -0.05) is 48.0 Å². The predicted molar refractivity (Wildman–Crippen MR) is 85.4 cm³/mol. The molecule has 0 aliphatic carbocycles. The Hall–Kier alpha value is -2.46. The third-order valence-corrected chi connectivity index (χ3v) is 3.83. The van der Waals surface area contributed by atoms with Gasteiger partial charge in [0.2, 0.25) is 5.91 Å². The van der Waals surface area contributed by atoms with E-state index >= 15 is 0 Å². The maximum atomic E-state index is 12.5. The molecule has 4 heteroatoms. The molecule has 1 N–H and O–H groups in total. The molecule has 1 aliphatic rings. The van der Waals surface area contributed by atoms with Crippen molar-refractivity contribution in [3.05, 3.63) is 65.7 Å². The number of hydrogen-bond donors (Lipinski definition) is 1. The van der Waals surface area contributed by atoms with Crippen LogP contribution in [0.4, 0.5) is 5.69 Å². The van der Waals surface area contributed by atoms with Gasteiger partial charge in [0.15, 0.2) is 0 Å². The topological polar surface area (TPSA) is 49.4 Å². The lowest BCUT2D eigenvalue weighted by atomic mass is 10.2. The monoisotopic (exact) mass is 294 g/mol. The second-order valence-corrected chi connectivity index (χ2v) is 5.53. The van der Waals surface area contributed by atoms with Crippen LogP contribution in [0, 0.1) is 6.92 Å². The summed E-state index contributed by atoms with van der Waals surface area (Å²) in [7, 11) is 0. The summed E-state index contributed by atoms with van der Waals surface area (Å²) >= 11 is 0. The molecule has 0 spiro atoms. The maximum Gasteiger partial charge on any atom is 0.251 e. The molecule has 1 aliphatic heterocycles. The third-order valence-electron chi connectivity index (χ3n) is 3.83. The van der Waals surface area contributed by atoms with E-state index in [0.717, 1.165) is 11.1 Å². The zero-order chi connectivity index (χ0) is 15.5. The SMILES string of the molecule is Cc1ccc(N2C(=O)C[C@H](NCc3ccccc3)C2=O)cc1. The number of rotatable bonds is 4. The van der Waals surface area contributed by atoms with Crippen molar-refractivity contribution in [3.63, 3.8) is 0 Å². The highest BCUT2D eigenvalue weighted by atomic mass is 16.2. The van der Waals surface area contributed by atoms with Gasteiger partial charge >= 0.3 is 0 Å². The Morgan fingerprint density at radius 3 is 2.41 bits per heavy atom. The first-order chi connectivity index (χ1) is 10.6. The highest BCUT2D eigenvalue weighted by Crippen LogP contribution is 2.23. The number of imide groups is 1. The van der Waals surface area contributed by atoms with Crippen LogP contribution in [0.3, 0.4) is 0 Å². The van der Waals surface area contributed by atoms with Gasteiger partial charge in [-0.2, -0.15) is 0 Å². The number of aryl methyl sites for hydroxylation is 1. The van der Waals surface area contributed by atoms with E-state index in [4.69, 9.17) is 0 Å². The van der Waals surface area contributed by atoms with Crippen molar-refractivity contribution in [3.8, 4) is 0 Å². The minimum atomic E-state index is -0.450. The number of benzene rings is 2. The molecule has 0 bridgehead atoms. The number of amides is 2. The second-order valence-electron chi connectivity index (χ2n) is 5.53. The number of carbonyl (C=O) groups excluding carboxylic acids is 2. The van der Waals surface area contributed by atoms with Gasteiger partial charge in [0.05, 0.1) is 18.2 Å². The van der Waals surface area contributed by atoms with Gasteiger partial charge < -0.3 is 5.32 Å². The minimum Gasteiger partial charge on any atom is -0.301 e. The molecular formula is C18H18N2O2. The zero-order valence-electron chi connectivity index (χ0n) is 12.5. The summed E-state index contributed by atoms with van der Waals surface area (Å²) in [5.41, 5.74) is 2.84. The van der Waals surface area contributed by atoms with E-state index in [9.17, 15) is 9.59 Å². The summed E-state index contributed by atoms with van der Waals surface area (Å²) in [5.74, 6) is -0.329. The summed E-state index contributed by atoms with van der Waals surface area (Å²) in [6.07, 6.45) is 0.208. The van der Waals surface area contributed by atoms with E-state index in [1.807, 2.05) is 61.5 Å². The van der Waals surface area contributed by atoms with Crippen molar-refractivity contribution in [2.24, 2.45) is 0 Å². The van der Waals surface area contributed by atoms with E-state index in [1.165, 1.54) is 4.90 Å². The van der Waals surface area contributed by atoms with Gasteiger partial charge in [-0.05, 0) is 24.6 Å². The lowest BCUT2D eigenvalue weighted by molar-refractivity contribution is -0.121. The van der Waals surface area contributed by atoms with Crippen LogP contribution in [0.25, 0.3) is 0 Å². The summed E-state index contributed by atoms with van der Waals surface area (Å²) in [4.78, 5) is 25.9. The Morgan fingerprint density at radius 2 is 1.73 bits per heavy atom. The van der Waals surface area contributed by atoms with E-state index in [2.05, 4.69) is 5.32 Å². The fraction of sp³-hybridized carbons (Fsp3) is 0.222. The maximum absolute atomic E-state index is 12.5. The Morgan fingerprint density at radius 1 is 1.05 bits per heavy atom. The normalized spacial score (nSPS) is 18.0.